The van der Waals surface area contributed by atoms with Gasteiger partial charge >= 0.3 is 5.97 Å². The van der Waals surface area contributed by atoms with Gasteiger partial charge in [0.05, 0.1) is 12.7 Å². The number of hydrogen-bond donors (Lipinski definition) is 3. The molecule has 8 nitrogen and oxygen atoms in total. The first-order valence-corrected chi connectivity index (χ1v) is 10.9. The molecule has 0 bridgehead atoms. The van der Waals surface area contributed by atoms with Gasteiger partial charge in [0.2, 0.25) is 0 Å². The first-order chi connectivity index (χ1) is 14.9. The second kappa shape index (κ2) is 10.4. The summed E-state index contributed by atoms with van der Waals surface area (Å²) in [6, 6.07) is 7.06. The summed E-state index contributed by atoms with van der Waals surface area (Å²) in [5, 5.41) is 14.7. The van der Waals surface area contributed by atoms with Crippen LogP contribution in [0.5, 0.6) is 5.75 Å². The predicted molar refractivity (Wildman–Crippen MR) is 118 cm³/mol. The van der Waals surface area contributed by atoms with E-state index in [1.807, 2.05) is 0 Å². The van der Waals surface area contributed by atoms with Crippen LogP contribution in [0.25, 0.3) is 0 Å². The summed E-state index contributed by atoms with van der Waals surface area (Å²) >= 11 is 1.41. The topological polar surface area (TPSA) is 114 Å². The number of anilines is 2. The van der Waals surface area contributed by atoms with Gasteiger partial charge in [-0.05, 0) is 42.9 Å². The van der Waals surface area contributed by atoms with Crippen molar-refractivity contribution in [1.29, 1.82) is 0 Å². The molecule has 1 aliphatic rings. The van der Waals surface area contributed by atoms with Crippen LogP contribution in [0.1, 0.15) is 40.6 Å². The number of carbonyl (C=O) groups is 3. The molecule has 2 aromatic rings. The van der Waals surface area contributed by atoms with E-state index in [2.05, 4.69) is 17.6 Å². The molecule has 2 amide bonds. The number of carboxylic acid groups (broad SMARTS) is 1. The van der Waals surface area contributed by atoms with Gasteiger partial charge in [-0.3, -0.25) is 9.59 Å². The molecule has 31 heavy (non-hydrogen) atoms. The highest BCUT2D eigenvalue weighted by molar-refractivity contribution is 7.17. The zero-order valence-electron chi connectivity index (χ0n) is 17.5. The van der Waals surface area contributed by atoms with Gasteiger partial charge in [-0.15, -0.1) is 11.3 Å². The number of ether oxygens (including phenoxy) is 2. The molecule has 9 heteroatoms. The fourth-order valence-corrected chi connectivity index (χ4v) is 4.99. The number of carboxylic acids is 1. The normalized spacial score (nSPS) is 15.1. The Bertz CT molecular complexity index is 971. The molecule has 1 unspecified atom stereocenters. The average molecular weight is 447 g/mol. The summed E-state index contributed by atoms with van der Waals surface area (Å²) in [5.74, 6) is -0.768. The maximum absolute atomic E-state index is 13.2. The SMILES string of the molecule is CCC1CCc2c(sc(NC(=O)COCC(=O)O)c2C(=O)Nc2cccc(OC)c2)C1. The molecule has 3 N–H and O–H groups in total. The van der Waals surface area contributed by atoms with Gasteiger partial charge in [0.15, 0.2) is 0 Å². The molecule has 1 aromatic heterocycles. The zero-order chi connectivity index (χ0) is 22.4. The fourth-order valence-electron chi connectivity index (χ4n) is 3.62. The third-order valence-corrected chi connectivity index (χ3v) is 6.38. The van der Waals surface area contributed by atoms with E-state index in [1.165, 1.54) is 11.3 Å². The van der Waals surface area contributed by atoms with E-state index in [1.54, 1.807) is 31.4 Å². The number of amides is 2. The van der Waals surface area contributed by atoms with Crippen LogP contribution < -0.4 is 15.4 Å². The van der Waals surface area contributed by atoms with Crippen LogP contribution >= 0.6 is 11.3 Å². The molecular formula is C22H26N2O6S. The number of methoxy groups -OCH3 is 1. The lowest BCUT2D eigenvalue weighted by Gasteiger charge is -2.21. The predicted octanol–water partition coefficient (Wildman–Crippen LogP) is 3.56. The monoisotopic (exact) mass is 446 g/mol. The molecule has 1 aromatic carbocycles. The molecule has 0 spiro atoms. The molecule has 3 rings (SSSR count). The number of nitrogens with one attached hydrogen (secondary N) is 2. The maximum atomic E-state index is 13.2. The zero-order valence-corrected chi connectivity index (χ0v) is 18.3. The van der Waals surface area contributed by atoms with Crippen LogP contribution in [0.15, 0.2) is 24.3 Å². The second-order valence-electron chi connectivity index (χ2n) is 7.35. The summed E-state index contributed by atoms with van der Waals surface area (Å²) in [7, 11) is 1.56. The van der Waals surface area contributed by atoms with Crippen molar-refractivity contribution >= 4 is 39.8 Å². The van der Waals surface area contributed by atoms with Crippen molar-refractivity contribution < 1.29 is 29.0 Å². The molecule has 0 saturated heterocycles. The number of fused-ring (bicyclic) bond motifs is 1. The van der Waals surface area contributed by atoms with Gasteiger partial charge in [-0.1, -0.05) is 19.4 Å². The van der Waals surface area contributed by atoms with Gasteiger partial charge in [0.1, 0.15) is 24.0 Å². The highest BCUT2D eigenvalue weighted by Gasteiger charge is 2.29. The van der Waals surface area contributed by atoms with E-state index in [-0.39, 0.29) is 5.91 Å². The summed E-state index contributed by atoms with van der Waals surface area (Å²) in [4.78, 5) is 37.2. The average Bonchev–Trinajstić information content (AvgIpc) is 3.10. The molecule has 1 aliphatic carbocycles. The van der Waals surface area contributed by atoms with Crippen LogP contribution in [0.4, 0.5) is 10.7 Å². The number of benzene rings is 1. The van der Waals surface area contributed by atoms with Gasteiger partial charge in [-0.25, -0.2) is 4.79 Å². The van der Waals surface area contributed by atoms with Crippen molar-refractivity contribution in [2.24, 2.45) is 5.92 Å². The second-order valence-corrected chi connectivity index (χ2v) is 8.45. The third-order valence-electron chi connectivity index (χ3n) is 5.21. The Hall–Kier alpha value is -2.91. The molecule has 1 heterocycles. The van der Waals surface area contributed by atoms with E-state index in [9.17, 15) is 14.4 Å². The molecule has 0 radical (unpaired) electrons. The van der Waals surface area contributed by atoms with E-state index in [0.29, 0.717) is 27.9 Å². The minimum absolute atomic E-state index is 0.303. The molecule has 166 valence electrons. The first-order valence-electron chi connectivity index (χ1n) is 10.1. The van der Waals surface area contributed by atoms with Crippen molar-refractivity contribution in [3.63, 3.8) is 0 Å². The minimum atomic E-state index is -1.15. The Morgan fingerprint density at radius 2 is 2.03 bits per heavy atom. The molecule has 0 aliphatic heterocycles. The van der Waals surface area contributed by atoms with E-state index in [0.717, 1.165) is 36.1 Å². The number of rotatable bonds is 9. The quantitative estimate of drug-likeness (QED) is 0.543. The van der Waals surface area contributed by atoms with Crippen molar-refractivity contribution in [3.8, 4) is 5.75 Å². The summed E-state index contributed by atoms with van der Waals surface area (Å²) in [6.07, 6.45) is 3.71. The van der Waals surface area contributed by atoms with Gasteiger partial charge in [0.25, 0.3) is 11.8 Å². The number of hydrogen-bond acceptors (Lipinski definition) is 6. The van der Waals surface area contributed by atoms with E-state index in [4.69, 9.17) is 14.6 Å². The van der Waals surface area contributed by atoms with Crippen LogP contribution in [0, 0.1) is 5.92 Å². The Labute approximate surface area is 184 Å². The molecular weight excluding hydrogens is 420 g/mol. The van der Waals surface area contributed by atoms with Crippen molar-refractivity contribution in [3.05, 3.63) is 40.3 Å². The Morgan fingerprint density at radius 3 is 2.74 bits per heavy atom. The summed E-state index contributed by atoms with van der Waals surface area (Å²) in [5.41, 5.74) is 2.02. The molecule has 1 atom stereocenters. The van der Waals surface area contributed by atoms with Crippen molar-refractivity contribution in [1.82, 2.24) is 0 Å². The summed E-state index contributed by atoms with van der Waals surface area (Å²) < 4.78 is 10.1. The van der Waals surface area contributed by atoms with E-state index < -0.39 is 25.1 Å². The van der Waals surface area contributed by atoms with Crippen LogP contribution in [0.3, 0.4) is 0 Å². The third kappa shape index (κ3) is 5.83. The smallest absolute Gasteiger partial charge is 0.329 e. The van der Waals surface area contributed by atoms with Crippen LogP contribution in [-0.4, -0.2) is 43.2 Å². The highest BCUT2D eigenvalue weighted by Crippen LogP contribution is 2.40. The maximum Gasteiger partial charge on any atom is 0.329 e. The molecule has 0 fully saturated rings. The fraction of sp³-hybridized carbons (Fsp3) is 0.409. The highest BCUT2D eigenvalue weighted by atomic mass is 32.1. The van der Waals surface area contributed by atoms with E-state index >= 15 is 0 Å². The largest absolute Gasteiger partial charge is 0.497 e. The summed E-state index contributed by atoms with van der Waals surface area (Å²) in [6.45, 7) is 1.20. The Balaban J connectivity index is 1.84. The number of aliphatic carboxylic acids is 1. The van der Waals surface area contributed by atoms with Crippen LogP contribution in [-0.2, 0) is 27.2 Å². The van der Waals surface area contributed by atoms with Crippen molar-refractivity contribution in [2.45, 2.75) is 32.6 Å². The Morgan fingerprint density at radius 1 is 1.23 bits per heavy atom. The minimum Gasteiger partial charge on any atom is -0.497 e. The van der Waals surface area contributed by atoms with Gasteiger partial charge in [-0.2, -0.15) is 0 Å². The van der Waals surface area contributed by atoms with Gasteiger partial charge < -0.3 is 25.2 Å². The number of carbonyl (C=O) groups excluding carboxylic acids is 2. The standard InChI is InChI=1S/C22H26N2O6S/c1-3-13-7-8-16-17(9-13)31-22(24-18(25)11-30-12-19(26)27)20(16)21(28)23-14-5-4-6-15(10-14)29-2/h4-6,10,13H,3,7-9,11-12H2,1-2H3,(H,23,28)(H,24,25)(H,26,27). The lowest BCUT2D eigenvalue weighted by atomic mass is 9.85. The lowest BCUT2D eigenvalue weighted by Crippen LogP contribution is -2.23. The first kappa shape index (κ1) is 22.8. The Kier molecular flexibility index (Phi) is 7.64. The lowest BCUT2D eigenvalue weighted by molar-refractivity contribution is -0.143. The number of thiophene rings is 1. The van der Waals surface area contributed by atoms with Crippen molar-refractivity contribution in [2.75, 3.05) is 31.0 Å². The van der Waals surface area contributed by atoms with Crippen LogP contribution in [0.2, 0.25) is 0 Å². The van der Waals surface area contributed by atoms with Gasteiger partial charge in [0, 0.05) is 16.6 Å². The molecule has 0 saturated carbocycles.